The van der Waals surface area contributed by atoms with Crippen molar-refractivity contribution >= 4 is 16.8 Å². The molecule has 0 unspecified atom stereocenters. The van der Waals surface area contributed by atoms with Crippen molar-refractivity contribution in [2.24, 2.45) is 0 Å². The van der Waals surface area contributed by atoms with Crippen LogP contribution in [0.15, 0.2) is 66.7 Å². The number of para-hydroxylation sites is 1. The monoisotopic (exact) mass is 259 g/mol. The number of hydrogen-bond donors (Lipinski definition) is 0. The van der Waals surface area contributed by atoms with Crippen molar-refractivity contribution in [3.8, 4) is 6.07 Å². The second-order valence-corrected chi connectivity index (χ2v) is 4.40. The molecule has 3 heteroatoms. The van der Waals surface area contributed by atoms with Gasteiger partial charge >= 0.3 is 5.91 Å². The summed E-state index contributed by atoms with van der Waals surface area (Å²) in [7, 11) is 0. The molecule has 3 aromatic rings. The predicted molar refractivity (Wildman–Crippen MR) is 75.0 cm³/mol. The average molecular weight is 259 g/mol. The lowest BCUT2D eigenvalue weighted by molar-refractivity contribution is -0.545. The summed E-state index contributed by atoms with van der Waals surface area (Å²) in [6.07, 6.45) is 0. The zero-order valence-electron chi connectivity index (χ0n) is 10.7. The Hall–Kier alpha value is -2.99. The first-order valence-electron chi connectivity index (χ1n) is 6.25. The van der Waals surface area contributed by atoms with Gasteiger partial charge in [0.15, 0.2) is 6.07 Å². The van der Waals surface area contributed by atoms with E-state index in [1.165, 1.54) is 4.57 Å². The van der Waals surface area contributed by atoms with E-state index in [9.17, 15) is 10.1 Å². The topological polar surface area (TPSA) is 44.7 Å². The summed E-state index contributed by atoms with van der Waals surface area (Å²) in [5.41, 5.74) is 1.63. The molecular weight excluding hydrogens is 248 g/mol. The van der Waals surface area contributed by atoms with Crippen LogP contribution in [0.4, 0.5) is 0 Å². The lowest BCUT2D eigenvalue weighted by atomic mass is 10.1. The van der Waals surface area contributed by atoms with Gasteiger partial charge in [-0.2, -0.15) is 5.26 Å². The average Bonchev–Trinajstić information content (AvgIpc) is 2.54. The first-order valence-corrected chi connectivity index (χ1v) is 6.25. The maximum absolute atomic E-state index is 12.7. The van der Waals surface area contributed by atoms with E-state index in [0.717, 1.165) is 10.9 Å². The molecule has 0 spiro atoms. The third-order valence-electron chi connectivity index (χ3n) is 3.18. The molecule has 0 amide bonds. The number of hydrogen-bond acceptors (Lipinski definition) is 2. The summed E-state index contributed by atoms with van der Waals surface area (Å²) in [4.78, 5) is 12.7. The summed E-state index contributed by atoms with van der Waals surface area (Å²) in [5, 5.41) is 10.2. The van der Waals surface area contributed by atoms with Crippen LogP contribution in [-0.2, 0) is 0 Å². The van der Waals surface area contributed by atoms with Crippen LogP contribution >= 0.6 is 0 Å². The lowest BCUT2D eigenvalue weighted by Crippen LogP contribution is -2.46. The van der Waals surface area contributed by atoms with Crippen molar-refractivity contribution in [1.82, 2.24) is 0 Å². The standard InChI is InChI=1S/C17H11N2O/c18-12-15-11-10-13-6-4-5-9-16(13)19(15)17(20)14-7-2-1-3-8-14/h1-11H/q+1. The molecule has 2 aromatic carbocycles. The molecule has 0 aliphatic heterocycles. The van der Waals surface area contributed by atoms with E-state index < -0.39 is 0 Å². The maximum Gasteiger partial charge on any atom is 0.426 e. The van der Waals surface area contributed by atoms with Crippen LogP contribution in [0.3, 0.4) is 0 Å². The molecule has 0 saturated heterocycles. The molecule has 20 heavy (non-hydrogen) atoms. The Morgan fingerprint density at radius 2 is 1.60 bits per heavy atom. The van der Waals surface area contributed by atoms with E-state index >= 15 is 0 Å². The van der Waals surface area contributed by atoms with Crippen molar-refractivity contribution in [3.05, 3.63) is 78.0 Å². The quantitative estimate of drug-likeness (QED) is 0.631. The number of nitriles is 1. The van der Waals surface area contributed by atoms with E-state index in [1.54, 1.807) is 18.2 Å². The fourth-order valence-electron chi connectivity index (χ4n) is 2.22. The SMILES string of the molecule is N#Cc1ccc2ccccc2[n+]1C(=O)c1ccccc1. The fourth-order valence-corrected chi connectivity index (χ4v) is 2.22. The van der Waals surface area contributed by atoms with Crippen molar-refractivity contribution in [3.63, 3.8) is 0 Å². The Labute approximate surface area is 116 Å². The van der Waals surface area contributed by atoms with Gasteiger partial charge in [0.05, 0.1) is 5.56 Å². The molecule has 1 heterocycles. The van der Waals surface area contributed by atoms with Gasteiger partial charge in [0.1, 0.15) is 0 Å². The Morgan fingerprint density at radius 3 is 2.35 bits per heavy atom. The van der Waals surface area contributed by atoms with Gasteiger partial charge < -0.3 is 0 Å². The summed E-state index contributed by atoms with van der Waals surface area (Å²) in [6.45, 7) is 0. The molecule has 0 radical (unpaired) electrons. The minimum atomic E-state index is -0.195. The van der Waals surface area contributed by atoms with Gasteiger partial charge in [-0.05, 0) is 24.3 Å². The second-order valence-electron chi connectivity index (χ2n) is 4.40. The van der Waals surface area contributed by atoms with Crippen LogP contribution in [0.1, 0.15) is 16.1 Å². The highest BCUT2D eigenvalue weighted by molar-refractivity contribution is 5.90. The van der Waals surface area contributed by atoms with Gasteiger partial charge in [-0.25, -0.2) is 4.79 Å². The lowest BCUT2D eigenvalue weighted by Gasteiger charge is -2.01. The first kappa shape index (κ1) is 12.1. The van der Waals surface area contributed by atoms with E-state index in [4.69, 9.17) is 0 Å². The molecule has 0 atom stereocenters. The van der Waals surface area contributed by atoms with Crippen LogP contribution in [0.2, 0.25) is 0 Å². The third kappa shape index (κ3) is 1.94. The normalized spacial score (nSPS) is 10.2. The van der Waals surface area contributed by atoms with Crippen LogP contribution in [0, 0.1) is 11.3 Å². The Balaban J connectivity index is 2.30. The molecule has 94 valence electrons. The number of carbonyl (C=O) groups excluding carboxylic acids is 1. The molecule has 0 aliphatic carbocycles. The van der Waals surface area contributed by atoms with Crippen molar-refractivity contribution in [1.29, 1.82) is 5.26 Å². The zero-order valence-corrected chi connectivity index (χ0v) is 10.7. The highest BCUT2D eigenvalue weighted by atomic mass is 16.2. The summed E-state index contributed by atoms with van der Waals surface area (Å²) in [6, 6.07) is 22.1. The van der Waals surface area contributed by atoms with Gasteiger partial charge in [-0.3, -0.25) is 0 Å². The Kier molecular flexibility index (Phi) is 2.98. The molecule has 3 nitrogen and oxygen atoms in total. The number of nitrogens with zero attached hydrogens (tertiary/aromatic N) is 2. The van der Waals surface area contributed by atoms with Gasteiger partial charge in [-0.15, -0.1) is 4.57 Å². The molecule has 3 rings (SSSR count). The number of rotatable bonds is 1. The predicted octanol–water partition coefficient (Wildman–Crippen LogP) is 2.69. The highest BCUT2D eigenvalue weighted by Gasteiger charge is 2.25. The van der Waals surface area contributed by atoms with Crippen LogP contribution in [0.5, 0.6) is 0 Å². The molecule has 0 saturated carbocycles. The Bertz CT molecular complexity index is 832. The van der Waals surface area contributed by atoms with Gasteiger partial charge in [0.25, 0.3) is 5.69 Å². The summed E-state index contributed by atoms with van der Waals surface area (Å²) in [5.74, 6) is -0.195. The van der Waals surface area contributed by atoms with Crippen LogP contribution in [-0.4, -0.2) is 5.91 Å². The number of aromatic nitrogens is 1. The number of benzene rings is 2. The smallest absolute Gasteiger partial charge is 0.214 e. The highest BCUT2D eigenvalue weighted by Crippen LogP contribution is 2.11. The van der Waals surface area contributed by atoms with Gasteiger partial charge in [0.2, 0.25) is 5.52 Å². The van der Waals surface area contributed by atoms with E-state index in [2.05, 4.69) is 6.07 Å². The number of pyridine rings is 1. The minimum Gasteiger partial charge on any atom is -0.214 e. The molecule has 0 bridgehead atoms. The van der Waals surface area contributed by atoms with Crippen molar-refractivity contribution in [2.45, 2.75) is 0 Å². The van der Waals surface area contributed by atoms with E-state index in [0.29, 0.717) is 11.3 Å². The second kappa shape index (κ2) is 4.94. The Morgan fingerprint density at radius 1 is 0.900 bits per heavy atom. The van der Waals surface area contributed by atoms with Crippen molar-refractivity contribution in [2.75, 3.05) is 0 Å². The van der Waals surface area contributed by atoms with Crippen molar-refractivity contribution < 1.29 is 9.36 Å². The number of fused-ring (bicyclic) bond motifs is 1. The fraction of sp³-hybridized carbons (Fsp3) is 0. The minimum absolute atomic E-state index is 0.195. The largest absolute Gasteiger partial charge is 0.426 e. The maximum atomic E-state index is 12.7. The first-order chi connectivity index (χ1) is 9.81. The number of carbonyl (C=O) groups is 1. The summed E-state index contributed by atoms with van der Waals surface area (Å²) >= 11 is 0. The third-order valence-corrected chi connectivity index (χ3v) is 3.18. The van der Waals surface area contributed by atoms with Crippen LogP contribution < -0.4 is 4.57 Å². The van der Waals surface area contributed by atoms with E-state index in [-0.39, 0.29) is 5.91 Å². The summed E-state index contributed by atoms with van der Waals surface area (Å²) < 4.78 is 1.46. The van der Waals surface area contributed by atoms with E-state index in [1.807, 2.05) is 48.5 Å². The molecule has 0 aliphatic rings. The van der Waals surface area contributed by atoms with Crippen LogP contribution in [0.25, 0.3) is 10.9 Å². The molecule has 0 N–H and O–H groups in total. The zero-order chi connectivity index (χ0) is 13.9. The molecule has 0 fully saturated rings. The van der Waals surface area contributed by atoms with Gasteiger partial charge in [0, 0.05) is 17.5 Å². The molecular formula is C17H11N2O+. The van der Waals surface area contributed by atoms with Gasteiger partial charge in [-0.1, -0.05) is 30.3 Å². The molecule has 1 aromatic heterocycles.